The van der Waals surface area contributed by atoms with Crippen molar-refractivity contribution in [3.63, 3.8) is 0 Å². The normalized spacial score (nSPS) is 10.8. The molecule has 0 radical (unpaired) electrons. The lowest BCUT2D eigenvalue weighted by Gasteiger charge is -2.19. The lowest BCUT2D eigenvalue weighted by molar-refractivity contribution is 0.201. The molecule has 190 valence electrons. The molecular formula is C32H34N2O3. The molecule has 37 heavy (non-hydrogen) atoms. The Morgan fingerprint density at radius 3 is 2.19 bits per heavy atom. The molecule has 0 spiro atoms. The molecule has 0 atom stereocenters. The van der Waals surface area contributed by atoms with Gasteiger partial charge in [0.2, 0.25) is 0 Å². The molecule has 0 aliphatic rings. The fourth-order valence-electron chi connectivity index (χ4n) is 4.25. The molecule has 0 bridgehead atoms. The van der Waals surface area contributed by atoms with E-state index in [1.807, 2.05) is 92.7 Å². The summed E-state index contributed by atoms with van der Waals surface area (Å²) < 4.78 is 13.4. The van der Waals surface area contributed by atoms with Crippen LogP contribution in [0.2, 0.25) is 0 Å². The Kier molecular flexibility index (Phi) is 9.06. The lowest BCUT2D eigenvalue weighted by Crippen LogP contribution is -2.28. The number of aromatic nitrogens is 2. The summed E-state index contributed by atoms with van der Waals surface area (Å²) in [5.41, 5.74) is 5.39. The molecule has 4 rings (SSSR count). The monoisotopic (exact) mass is 494 g/mol. The fraction of sp³-hybridized carbons (Fsp3) is 0.250. The van der Waals surface area contributed by atoms with Crippen LogP contribution in [0.5, 0.6) is 5.75 Å². The van der Waals surface area contributed by atoms with Gasteiger partial charge in [-0.1, -0.05) is 78.4 Å². The van der Waals surface area contributed by atoms with Crippen LogP contribution in [-0.4, -0.2) is 23.3 Å². The van der Waals surface area contributed by atoms with E-state index in [0.717, 1.165) is 22.4 Å². The Hall–Kier alpha value is -3.96. The molecular weight excluding hydrogens is 460 g/mol. The maximum absolute atomic E-state index is 14.0. The second-order valence-corrected chi connectivity index (χ2v) is 9.22. The molecule has 0 fully saturated rings. The van der Waals surface area contributed by atoms with Crippen LogP contribution in [0, 0.1) is 0 Å². The first-order valence-corrected chi connectivity index (χ1v) is 12.6. The molecule has 0 unspecified atom stereocenters. The first-order valence-electron chi connectivity index (χ1n) is 12.6. The van der Waals surface area contributed by atoms with Gasteiger partial charge in [0, 0.05) is 20.1 Å². The third kappa shape index (κ3) is 6.83. The number of para-hydroxylation sites is 1. The summed E-state index contributed by atoms with van der Waals surface area (Å²) in [7, 11) is 1.66. The van der Waals surface area contributed by atoms with Gasteiger partial charge in [0.15, 0.2) is 0 Å². The average Bonchev–Trinajstić information content (AvgIpc) is 2.92. The van der Waals surface area contributed by atoms with Crippen LogP contribution in [0.1, 0.15) is 36.2 Å². The van der Waals surface area contributed by atoms with Crippen molar-refractivity contribution in [2.24, 2.45) is 0 Å². The number of benzene rings is 3. The molecule has 3 aromatic carbocycles. The van der Waals surface area contributed by atoms with Crippen molar-refractivity contribution in [2.75, 3.05) is 13.7 Å². The van der Waals surface area contributed by atoms with E-state index in [2.05, 4.69) is 12.1 Å². The Balaban J connectivity index is 1.82. The largest absolute Gasteiger partial charge is 0.488 e. The molecule has 0 amide bonds. The summed E-state index contributed by atoms with van der Waals surface area (Å²) >= 11 is 0. The zero-order valence-electron chi connectivity index (χ0n) is 21.8. The molecule has 1 aromatic heterocycles. The Bertz CT molecular complexity index is 1390. The maximum Gasteiger partial charge on any atom is 0.261 e. The number of hydrogen-bond donors (Lipinski definition) is 0. The highest BCUT2D eigenvalue weighted by Gasteiger charge is 2.19. The Morgan fingerprint density at radius 1 is 0.865 bits per heavy atom. The van der Waals surface area contributed by atoms with E-state index in [1.54, 1.807) is 11.7 Å². The highest BCUT2D eigenvalue weighted by atomic mass is 16.5. The summed E-state index contributed by atoms with van der Waals surface area (Å²) in [6, 6.07) is 28.1. The second kappa shape index (κ2) is 12.8. The van der Waals surface area contributed by atoms with Crippen LogP contribution in [0.25, 0.3) is 17.5 Å². The van der Waals surface area contributed by atoms with Gasteiger partial charge in [-0.3, -0.25) is 9.36 Å². The van der Waals surface area contributed by atoms with Crippen molar-refractivity contribution in [1.82, 2.24) is 9.55 Å². The first-order chi connectivity index (χ1) is 18.1. The number of allylic oxidation sites excluding steroid dienone is 1. The van der Waals surface area contributed by atoms with Crippen molar-refractivity contribution < 1.29 is 9.47 Å². The maximum atomic E-state index is 14.0. The second-order valence-electron chi connectivity index (χ2n) is 9.22. The van der Waals surface area contributed by atoms with E-state index in [9.17, 15) is 4.79 Å². The highest BCUT2D eigenvalue weighted by molar-refractivity contribution is 5.66. The van der Waals surface area contributed by atoms with E-state index in [1.165, 1.54) is 5.56 Å². The number of ether oxygens (including phenoxy) is 2. The van der Waals surface area contributed by atoms with Gasteiger partial charge in [-0.15, -0.1) is 0 Å². The minimum atomic E-state index is -0.0499. The third-order valence-electron chi connectivity index (χ3n) is 6.09. The quantitative estimate of drug-likeness (QED) is 0.244. The van der Waals surface area contributed by atoms with Gasteiger partial charge in [0.1, 0.15) is 18.2 Å². The Morgan fingerprint density at radius 2 is 1.51 bits per heavy atom. The summed E-state index contributed by atoms with van der Waals surface area (Å²) in [6.07, 6.45) is 3.19. The zero-order valence-corrected chi connectivity index (χ0v) is 21.8. The molecule has 5 nitrogen and oxygen atoms in total. The number of rotatable bonds is 11. The van der Waals surface area contributed by atoms with E-state index >= 15 is 0 Å². The molecule has 5 heteroatoms. The summed E-state index contributed by atoms with van der Waals surface area (Å²) in [4.78, 5) is 19.1. The SMILES string of the molecule is COCCc1nc(-c2ccccc2OCc2ccccc2)n(CCc2ccccc2)c(=O)c1C=C(C)C. The van der Waals surface area contributed by atoms with Crippen molar-refractivity contribution >= 4 is 6.08 Å². The topological polar surface area (TPSA) is 53.4 Å². The van der Waals surface area contributed by atoms with Crippen LogP contribution in [-0.2, 0) is 30.7 Å². The van der Waals surface area contributed by atoms with Crippen LogP contribution < -0.4 is 10.3 Å². The van der Waals surface area contributed by atoms with Gasteiger partial charge in [0.05, 0.1) is 23.4 Å². The number of hydrogen-bond acceptors (Lipinski definition) is 4. The van der Waals surface area contributed by atoms with Gasteiger partial charge in [0.25, 0.3) is 5.56 Å². The van der Waals surface area contributed by atoms with Gasteiger partial charge >= 0.3 is 0 Å². The van der Waals surface area contributed by atoms with Crippen molar-refractivity contribution in [3.05, 3.63) is 123 Å². The number of methoxy groups -OCH3 is 1. The van der Waals surface area contributed by atoms with Crippen LogP contribution >= 0.6 is 0 Å². The highest BCUT2D eigenvalue weighted by Crippen LogP contribution is 2.30. The van der Waals surface area contributed by atoms with Crippen LogP contribution in [0.15, 0.2) is 95.3 Å². The minimum Gasteiger partial charge on any atom is -0.488 e. The predicted molar refractivity (Wildman–Crippen MR) is 150 cm³/mol. The zero-order chi connectivity index (χ0) is 26.0. The van der Waals surface area contributed by atoms with Crippen LogP contribution in [0.4, 0.5) is 0 Å². The summed E-state index contributed by atoms with van der Waals surface area (Å²) in [5.74, 6) is 1.31. The first kappa shape index (κ1) is 26.1. The van der Waals surface area contributed by atoms with Gasteiger partial charge in [-0.2, -0.15) is 0 Å². The summed E-state index contributed by atoms with van der Waals surface area (Å²) in [5, 5.41) is 0. The van der Waals surface area contributed by atoms with Crippen molar-refractivity contribution in [3.8, 4) is 17.1 Å². The van der Waals surface area contributed by atoms with E-state index < -0.39 is 0 Å². The average molecular weight is 495 g/mol. The predicted octanol–water partition coefficient (Wildman–Crippen LogP) is 6.34. The molecule has 0 N–H and O–H groups in total. The van der Waals surface area contributed by atoms with Crippen molar-refractivity contribution in [2.45, 2.75) is 39.8 Å². The molecule has 0 aliphatic carbocycles. The molecule has 0 aliphatic heterocycles. The number of nitrogens with zero attached hydrogens (tertiary/aromatic N) is 2. The standard InChI is InChI=1S/C32H34N2O3/c1-24(2)22-28-29(19-21-36-3)33-31(34(32(28)35)20-18-25-12-6-4-7-13-25)27-16-10-11-17-30(27)37-23-26-14-8-5-9-15-26/h4-17,22H,18-21,23H2,1-3H3. The minimum absolute atomic E-state index is 0.0499. The number of aryl methyl sites for hydroxylation is 1. The molecule has 1 heterocycles. The van der Waals surface area contributed by atoms with Crippen molar-refractivity contribution in [1.29, 1.82) is 0 Å². The van der Waals surface area contributed by atoms with Gasteiger partial charge < -0.3 is 9.47 Å². The van der Waals surface area contributed by atoms with E-state index in [-0.39, 0.29) is 5.56 Å². The van der Waals surface area contributed by atoms with Crippen LogP contribution in [0.3, 0.4) is 0 Å². The molecule has 0 saturated heterocycles. The van der Waals surface area contributed by atoms with Gasteiger partial charge in [-0.05, 0) is 49.6 Å². The Labute approximate surface area is 219 Å². The fourth-order valence-corrected chi connectivity index (χ4v) is 4.25. The molecule has 4 aromatic rings. The van der Waals surface area contributed by atoms with E-state index in [0.29, 0.717) is 49.7 Å². The third-order valence-corrected chi connectivity index (χ3v) is 6.09. The van der Waals surface area contributed by atoms with E-state index in [4.69, 9.17) is 14.5 Å². The smallest absolute Gasteiger partial charge is 0.261 e. The lowest BCUT2D eigenvalue weighted by atomic mass is 10.1. The van der Waals surface area contributed by atoms with Gasteiger partial charge in [-0.25, -0.2) is 4.98 Å². The summed E-state index contributed by atoms with van der Waals surface area (Å²) in [6.45, 7) is 5.41. The molecule has 0 saturated carbocycles.